The van der Waals surface area contributed by atoms with Crippen molar-refractivity contribution < 1.29 is 9.53 Å². The van der Waals surface area contributed by atoms with Crippen LogP contribution in [0.5, 0.6) is 5.75 Å². The molecule has 1 aliphatic rings. The lowest BCUT2D eigenvalue weighted by atomic mass is 10.2. The van der Waals surface area contributed by atoms with E-state index in [0.29, 0.717) is 25.3 Å². The number of likely N-dealkylation sites (tertiary alicyclic amines) is 1. The van der Waals surface area contributed by atoms with Gasteiger partial charge in [0.05, 0.1) is 0 Å². The predicted octanol–water partition coefficient (Wildman–Crippen LogP) is 1.69. The number of amides is 1. The van der Waals surface area contributed by atoms with Gasteiger partial charge in [-0.2, -0.15) is 5.26 Å². The van der Waals surface area contributed by atoms with Gasteiger partial charge in [-0.1, -0.05) is 12.1 Å². The molecule has 0 saturated carbocycles. The molecule has 1 amide bonds. The monoisotopic (exact) mass is 287 g/mol. The van der Waals surface area contributed by atoms with E-state index < -0.39 is 0 Å². The van der Waals surface area contributed by atoms with Gasteiger partial charge < -0.3 is 15.0 Å². The van der Waals surface area contributed by atoms with Crippen LogP contribution in [0.2, 0.25) is 0 Å². The summed E-state index contributed by atoms with van der Waals surface area (Å²) in [5.74, 6) is 0.940. The summed E-state index contributed by atoms with van der Waals surface area (Å²) in [6.07, 6.45) is 2.81. The zero-order valence-electron chi connectivity index (χ0n) is 12.2. The number of benzene rings is 1. The number of nitriles is 1. The summed E-state index contributed by atoms with van der Waals surface area (Å²) in [6, 6.07) is 9.58. The van der Waals surface area contributed by atoms with E-state index in [0.717, 1.165) is 31.5 Å². The highest BCUT2D eigenvalue weighted by atomic mass is 16.5. The van der Waals surface area contributed by atoms with Gasteiger partial charge in [0, 0.05) is 32.6 Å². The van der Waals surface area contributed by atoms with E-state index in [1.165, 1.54) is 0 Å². The maximum absolute atomic E-state index is 11.9. The Labute approximate surface area is 125 Å². The van der Waals surface area contributed by atoms with Crippen LogP contribution in [0, 0.1) is 11.3 Å². The summed E-state index contributed by atoms with van der Waals surface area (Å²) in [5, 5.41) is 11.8. The van der Waals surface area contributed by atoms with Crippen molar-refractivity contribution in [1.82, 2.24) is 10.2 Å². The van der Waals surface area contributed by atoms with Crippen LogP contribution < -0.4 is 10.1 Å². The van der Waals surface area contributed by atoms with Crippen molar-refractivity contribution in [3.63, 3.8) is 0 Å². The summed E-state index contributed by atoms with van der Waals surface area (Å²) in [6.45, 7) is 3.26. The van der Waals surface area contributed by atoms with E-state index in [1.807, 2.05) is 35.2 Å². The fraction of sp³-hybridized carbons (Fsp3) is 0.500. The second-order valence-electron chi connectivity index (χ2n) is 5.11. The largest absolute Gasteiger partial charge is 0.479 e. The Kier molecular flexibility index (Phi) is 6.04. The average molecular weight is 287 g/mol. The summed E-state index contributed by atoms with van der Waals surface area (Å²) < 4.78 is 5.26. The molecule has 1 saturated heterocycles. The number of ether oxygens (including phenoxy) is 1. The summed E-state index contributed by atoms with van der Waals surface area (Å²) in [4.78, 5) is 13.8. The highest BCUT2D eigenvalue weighted by molar-refractivity contribution is 5.76. The molecule has 0 atom stereocenters. The molecule has 1 aromatic carbocycles. The molecule has 0 aliphatic carbocycles. The van der Waals surface area contributed by atoms with Crippen LogP contribution in [0.1, 0.15) is 24.8 Å². The molecule has 21 heavy (non-hydrogen) atoms. The van der Waals surface area contributed by atoms with E-state index >= 15 is 0 Å². The molecule has 1 aliphatic heterocycles. The maximum atomic E-state index is 11.9. The van der Waals surface area contributed by atoms with Crippen molar-refractivity contribution in [2.45, 2.75) is 25.8 Å². The highest BCUT2D eigenvalue weighted by Gasteiger charge is 2.16. The summed E-state index contributed by atoms with van der Waals surface area (Å²) in [5.41, 5.74) is 1.08. The SMILES string of the molecule is N#CCOc1cccc(CNCCC(=O)N2CCCC2)c1. The minimum Gasteiger partial charge on any atom is -0.479 e. The average Bonchev–Trinajstić information content (AvgIpc) is 3.04. The van der Waals surface area contributed by atoms with Crippen molar-refractivity contribution >= 4 is 5.91 Å². The highest BCUT2D eigenvalue weighted by Crippen LogP contribution is 2.13. The molecular formula is C16H21N3O2. The Morgan fingerprint density at radius 2 is 2.19 bits per heavy atom. The lowest BCUT2D eigenvalue weighted by Crippen LogP contribution is -2.30. The molecule has 5 heteroatoms. The quantitative estimate of drug-likeness (QED) is 0.775. The molecule has 1 N–H and O–H groups in total. The molecule has 1 aromatic rings. The molecule has 0 unspecified atom stereocenters. The summed E-state index contributed by atoms with van der Waals surface area (Å²) in [7, 11) is 0. The van der Waals surface area contributed by atoms with Gasteiger partial charge >= 0.3 is 0 Å². The van der Waals surface area contributed by atoms with Crippen LogP contribution in [0.15, 0.2) is 24.3 Å². The Morgan fingerprint density at radius 3 is 2.95 bits per heavy atom. The zero-order chi connectivity index (χ0) is 14.9. The van der Waals surface area contributed by atoms with E-state index in [-0.39, 0.29) is 12.5 Å². The smallest absolute Gasteiger partial charge is 0.223 e. The van der Waals surface area contributed by atoms with E-state index in [1.54, 1.807) is 0 Å². The molecule has 0 radical (unpaired) electrons. The number of rotatable bonds is 7. The van der Waals surface area contributed by atoms with Gasteiger partial charge in [0.25, 0.3) is 0 Å². The third kappa shape index (κ3) is 5.09. The second-order valence-corrected chi connectivity index (χ2v) is 5.11. The topological polar surface area (TPSA) is 65.4 Å². The minimum atomic E-state index is 0.0568. The van der Waals surface area contributed by atoms with Gasteiger partial charge in [-0.25, -0.2) is 0 Å². The molecule has 2 rings (SSSR count). The molecule has 0 spiro atoms. The van der Waals surface area contributed by atoms with Gasteiger partial charge in [-0.3, -0.25) is 4.79 Å². The molecule has 1 heterocycles. The standard InChI is InChI=1S/C16H21N3O2/c17-7-11-21-15-5-3-4-14(12-15)13-18-8-6-16(20)19-9-1-2-10-19/h3-5,12,18H,1-2,6,8-11,13H2. The van der Waals surface area contributed by atoms with Crippen molar-refractivity contribution in [3.05, 3.63) is 29.8 Å². The number of nitrogens with one attached hydrogen (secondary N) is 1. The number of hydrogen-bond acceptors (Lipinski definition) is 4. The van der Waals surface area contributed by atoms with Crippen LogP contribution in [0.25, 0.3) is 0 Å². The molecule has 0 bridgehead atoms. The van der Waals surface area contributed by atoms with E-state index in [9.17, 15) is 4.79 Å². The minimum absolute atomic E-state index is 0.0568. The van der Waals surface area contributed by atoms with Gasteiger partial charge in [-0.05, 0) is 30.5 Å². The first kappa shape index (κ1) is 15.3. The van der Waals surface area contributed by atoms with Gasteiger partial charge in [-0.15, -0.1) is 0 Å². The van der Waals surface area contributed by atoms with Gasteiger partial charge in [0.1, 0.15) is 11.8 Å². The number of carbonyl (C=O) groups is 1. The Hall–Kier alpha value is -2.06. The maximum Gasteiger partial charge on any atom is 0.223 e. The van der Waals surface area contributed by atoms with Crippen molar-refractivity contribution in [3.8, 4) is 11.8 Å². The van der Waals surface area contributed by atoms with Crippen molar-refractivity contribution in [2.24, 2.45) is 0 Å². The zero-order valence-corrected chi connectivity index (χ0v) is 12.2. The number of nitrogens with zero attached hydrogens (tertiary/aromatic N) is 2. The second kappa shape index (κ2) is 8.28. The molecule has 0 aromatic heterocycles. The van der Waals surface area contributed by atoms with E-state index in [4.69, 9.17) is 10.00 Å². The fourth-order valence-electron chi connectivity index (χ4n) is 2.41. The summed E-state index contributed by atoms with van der Waals surface area (Å²) >= 11 is 0. The normalized spacial score (nSPS) is 14.0. The van der Waals surface area contributed by atoms with Crippen LogP contribution in [0.3, 0.4) is 0 Å². The molecule has 112 valence electrons. The van der Waals surface area contributed by atoms with Crippen LogP contribution in [0.4, 0.5) is 0 Å². The molecule has 5 nitrogen and oxygen atoms in total. The number of carbonyl (C=O) groups excluding carboxylic acids is 1. The molecular weight excluding hydrogens is 266 g/mol. The van der Waals surface area contributed by atoms with Crippen LogP contribution in [-0.4, -0.2) is 37.0 Å². The third-order valence-electron chi connectivity index (χ3n) is 3.51. The first-order chi connectivity index (χ1) is 10.3. The van der Waals surface area contributed by atoms with Gasteiger partial charge in [0.2, 0.25) is 5.91 Å². The van der Waals surface area contributed by atoms with Crippen LogP contribution in [-0.2, 0) is 11.3 Å². The lowest BCUT2D eigenvalue weighted by molar-refractivity contribution is -0.130. The van der Waals surface area contributed by atoms with Crippen molar-refractivity contribution in [2.75, 3.05) is 26.2 Å². The third-order valence-corrected chi connectivity index (χ3v) is 3.51. The molecule has 1 fully saturated rings. The fourth-order valence-corrected chi connectivity index (χ4v) is 2.41. The predicted molar refractivity (Wildman–Crippen MR) is 79.7 cm³/mol. The Balaban J connectivity index is 1.68. The first-order valence-electron chi connectivity index (χ1n) is 7.37. The Bertz CT molecular complexity index is 504. The Morgan fingerprint density at radius 1 is 1.38 bits per heavy atom. The van der Waals surface area contributed by atoms with Crippen LogP contribution >= 0.6 is 0 Å². The lowest BCUT2D eigenvalue weighted by Gasteiger charge is -2.15. The van der Waals surface area contributed by atoms with E-state index in [2.05, 4.69) is 5.32 Å². The van der Waals surface area contributed by atoms with Crippen molar-refractivity contribution in [1.29, 1.82) is 5.26 Å². The van der Waals surface area contributed by atoms with Gasteiger partial charge in [0.15, 0.2) is 6.61 Å². The first-order valence-corrected chi connectivity index (χ1v) is 7.37. The number of hydrogen-bond donors (Lipinski definition) is 1.